The number of para-hydroxylation sites is 2. The minimum absolute atomic E-state index is 0.281. The van der Waals surface area contributed by atoms with Gasteiger partial charge in [-0.2, -0.15) is 0 Å². The van der Waals surface area contributed by atoms with Crippen molar-refractivity contribution >= 4 is 62.3 Å². The number of benzene rings is 3. The van der Waals surface area contributed by atoms with Crippen molar-refractivity contribution in [3.63, 3.8) is 0 Å². The molecule has 1 heterocycles. The van der Waals surface area contributed by atoms with Gasteiger partial charge in [-0.25, -0.2) is 9.78 Å². The maximum Gasteiger partial charge on any atom is 0.338 e. The van der Waals surface area contributed by atoms with Gasteiger partial charge in [0, 0.05) is 6.42 Å². The van der Waals surface area contributed by atoms with Gasteiger partial charge < -0.3 is 10.1 Å². The molecule has 0 aliphatic carbocycles. The van der Waals surface area contributed by atoms with Crippen molar-refractivity contribution in [2.45, 2.75) is 6.42 Å². The summed E-state index contributed by atoms with van der Waals surface area (Å²) in [6.07, 6.45) is 0.492. The number of fused-ring (bicyclic) bond motifs is 1. The predicted molar refractivity (Wildman–Crippen MR) is 124 cm³/mol. The van der Waals surface area contributed by atoms with E-state index in [1.165, 1.54) is 0 Å². The van der Waals surface area contributed by atoms with Gasteiger partial charge in [-0.15, -0.1) is 11.3 Å². The number of nitrogens with one attached hydrogen (secondary N) is 1. The van der Waals surface area contributed by atoms with Gasteiger partial charge in [-0.3, -0.25) is 4.79 Å². The van der Waals surface area contributed by atoms with Crippen LogP contribution in [0.15, 0.2) is 66.7 Å². The van der Waals surface area contributed by atoms with Crippen LogP contribution in [0.1, 0.15) is 20.9 Å². The first kappa shape index (κ1) is 21.3. The monoisotopic (exact) mass is 470 g/mol. The lowest BCUT2D eigenvalue weighted by molar-refractivity contribution is -0.119. The summed E-state index contributed by atoms with van der Waals surface area (Å²) < 4.78 is 6.32. The zero-order valence-corrected chi connectivity index (χ0v) is 18.4. The van der Waals surface area contributed by atoms with Gasteiger partial charge in [-0.1, -0.05) is 59.6 Å². The third-order valence-electron chi connectivity index (χ3n) is 4.48. The third-order valence-corrected chi connectivity index (χ3v) is 6.14. The first-order valence-electron chi connectivity index (χ1n) is 9.34. The Morgan fingerprint density at radius 3 is 2.42 bits per heavy atom. The van der Waals surface area contributed by atoms with Crippen LogP contribution in [0.25, 0.3) is 10.2 Å². The number of hydrogen-bond donors (Lipinski definition) is 1. The van der Waals surface area contributed by atoms with Crippen molar-refractivity contribution < 1.29 is 14.3 Å². The molecule has 0 saturated carbocycles. The lowest BCUT2D eigenvalue weighted by Gasteiger charge is -2.11. The molecule has 1 amide bonds. The molecule has 0 saturated heterocycles. The van der Waals surface area contributed by atoms with Crippen molar-refractivity contribution in [3.8, 4) is 0 Å². The SMILES string of the molecule is O=C(COC(=O)c1ccccc1Cc1nc2ccccc2s1)Nc1c(Cl)cccc1Cl. The molecule has 1 N–H and O–H groups in total. The van der Waals surface area contributed by atoms with Gasteiger partial charge >= 0.3 is 5.97 Å². The maximum absolute atomic E-state index is 12.6. The van der Waals surface area contributed by atoms with Crippen LogP contribution >= 0.6 is 34.5 Å². The summed E-state index contributed by atoms with van der Waals surface area (Å²) in [5.74, 6) is -1.12. The molecule has 3 aromatic carbocycles. The van der Waals surface area contributed by atoms with Gasteiger partial charge in [0.05, 0.1) is 36.5 Å². The summed E-state index contributed by atoms with van der Waals surface area (Å²) >= 11 is 13.7. The Kier molecular flexibility index (Phi) is 6.51. The number of carbonyl (C=O) groups excluding carboxylic acids is 2. The Bertz CT molecular complexity index is 1220. The number of amides is 1. The predicted octanol–water partition coefficient (Wildman–Crippen LogP) is 5.99. The number of aromatic nitrogens is 1. The van der Waals surface area contributed by atoms with Crippen LogP contribution in [0.4, 0.5) is 5.69 Å². The molecule has 0 aliphatic heterocycles. The summed E-state index contributed by atoms with van der Waals surface area (Å²) in [6.45, 7) is -0.462. The Morgan fingerprint density at radius 1 is 0.935 bits per heavy atom. The maximum atomic E-state index is 12.6. The number of halogens is 2. The van der Waals surface area contributed by atoms with Crippen molar-refractivity contribution in [3.05, 3.63) is 92.9 Å². The van der Waals surface area contributed by atoms with Gasteiger partial charge in [0.15, 0.2) is 6.61 Å². The largest absolute Gasteiger partial charge is 0.452 e. The van der Waals surface area contributed by atoms with Gasteiger partial charge in [0.1, 0.15) is 0 Å². The molecule has 5 nitrogen and oxygen atoms in total. The highest BCUT2D eigenvalue weighted by molar-refractivity contribution is 7.18. The number of nitrogens with zero attached hydrogens (tertiary/aromatic N) is 1. The summed E-state index contributed by atoms with van der Waals surface area (Å²) in [4.78, 5) is 29.5. The summed E-state index contributed by atoms with van der Waals surface area (Å²) in [5, 5.41) is 4.06. The van der Waals surface area contributed by atoms with Crippen molar-refractivity contribution in [1.82, 2.24) is 4.98 Å². The first-order chi connectivity index (χ1) is 15.0. The Hall–Kier alpha value is -2.93. The zero-order chi connectivity index (χ0) is 21.8. The van der Waals surface area contributed by atoms with Crippen molar-refractivity contribution in [1.29, 1.82) is 0 Å². The third kappa shape index (κ3) is 5.05. The molecule has 8 heteroatoms. The van der Waals surface area contributed by atoms with E-state index in [4.69, 9.17) is 27.9 Å². The van der Waals surface area contributed by atoms with Gasteiger partial charge in [0.25, 0.3) is 5.91 Å². The Labute approximate surface area is 192 Å². The van der Waals surface area contributed by atoms with E-state index in [1.54, 1.807) is 41.7 Å². The molecule has 4 rings (SSSR count). The van der Waals surface area contributed by atoms with Crippen LogP contribution < -0.4 is 5.32 Å². The average Bonchev–Trinajstić information content (AvgIpc) is 3.17. The van der Waals surface area contributed by atoms with Crippen molar-refractivity contribution in [2.24, 2.45) is 0 Å². The zero-order valence-electron chi connectivity index (χ0n) is 16.1. The van der Waals surface area contributed by atoms with Crippen LogP contribution in [0.2, 0.25) is 10.0 Å². The molecule has 0 atom stereocenters. The molecule has 0 aliphatic rings. The molecule has 0 bridgehead atoms. The van der Waals surface area contributed by atoms with E-state index in [2.05, 4.69) is 10.3 Å². The smallest absolute Gasteiger partial charge is 0.338 e. The van der Waals surface area contributed by atoms with E-state index < -0.39 is 18.5 Å². The van der Waals surface area contributed by atoms with Gasteiger partial charge in [0.2, 0.25) is 0 Å². The molecular formula is C23H16Cl2N2O3S. The molecule has 0 radical (unpaired) electrons. The second-order valence-electron chi connectivity index (χ2n) is 6.63. The van der Waals surface area contributed by atoms with Crippen LogP contribution in [0.5, 0.6) is 0 Å². The Balaban J connectivity index is 1.43. The summed E-state index contributed by atoms with van der Waals surface area (Å²) in [6, 6.07) is 19.9. The minimum Gasteiger partial charge on any atom is -0.452 e. The van der Waals surface area contributed by atoms with Crippen molar-refractivity contribution in [2.75, 3.05) is 11.9 Å². The number of anilines is 1. The normalized spacial score (nSPS) is 10.8. The standard InChI is InChI=1S/C23H16Cl2N2O3S/c24-16-8-5-9-17(25)22(16)27-20(28)13-30-23(29)15-7-2-1-6-14(15)12-21-26-18-10-3-4-11-19(18)31-21/h1-11H,12-13H2,(H,27,28). The number of esters is 1. The second-order valence-corrected chi connectivity index (χ2v) is 8.56. The molecule has 0 spiro atoms. The molecule has 156 valence electrons. The first-order valence-corrected chi connectivity index (χ1v) is 10.9. The van der Waals surface area contributed by atoms with E-state index in [-0.39, 0.29) is 5.69 Å². The summed E-state index contributed by atoms with van der Waals surface area (Å²) in [7, 11) is 0. The molecular weight excluding hydrogens is 455 g/mol. The highest BCUT2D eigenvalue weighted by Gasteiger charge is 2.17. The Morgan fingerprint density at radius 2 is 1.65 bits per heavy atom. The number of ether oxygens (including phenoxy) is 1. The lowest BCUT2D eigenvalue weighted by Crippen LogP contribution is -2.21. The second kappa shape index (κ2) is 9.47. The van der Waals surface area contributed by atoms with Crippen LogP contribution in [0, 0.1) is 0 Å². The molecule has 0 unspecified atom stereocenters. The highest BCUT2D eigenvalue weighted by atomic mass is 35.5. The molecule has 31 heavy (non-hydrogen) atoms. The topological polar surface area (TPSA) is 68.3 Å². The summed E-state index contributed by atoms with van der Waals surface area (Å²) in [5.41, 5.74) is 2.38. The van der Waals surface area contributed by atoms with Crippen LogP contribution in [0.3, 0.4) is 0 Å². The van der Waals surface area contributed by atoms with Crippen LogP contribution in [-0.2, 0) is 16.0 Å². The quantitative estimate of drug-likeness (QED) is 0.351. The molecule has 0 fully saturated rings. The fourth-order valence-corrected chi connectivity index (χ4v) is 4.52. The number of carbonyl (C=O) groups is 2. The average molecular weight is 471 g/mol. The fourth-order valence-electron chi connectivity index (χ4n) is 3.03. The fraction of sp³-hybridized carbons (Fsp3) is 0.0870. The van der Waals surface area contributed by atoms with E-state index in [0.717, 1.165) is 20.8 Å². The number of thiazole rings is 1. The number of rotatable bonds is 6. The molecule has 4 aromatic rings. The van der Waals surface area contributed by atoms with Crippen LogP contribution in [-0.4, -0.2) is 23.5 Å². The molecule has 1 aromatic heterocycles. The van der Waals surface area contributed by atoms with E-state index in [0.29, 0.717) is 22.0 Å². The van der Waals surface area contributed by atoms with E-state index in [9.17, 15) is 9.59 Å². The minimum atomic E-state index is -0.586. The lowest BCUT2D eigenvalue weighted by atomic mass is 10.1. The van der Waals surface area contributed by atoms with E-state index >= 15 is 0 Å². The number of hydrogen-bond acceptors (Lipinski definition) is 5. The highest BCUT2D eigenvalue weighted by Crippen LogP contribution is 2.29. The van der Waals surface area contributed by atoms with Gasteiger partial charge in [-0.05, 0) is 35.9 Å². The van der Waals surface area contributed by atoms with E-state index in [1.807, 2.05) is 36.4 Å².